The van der Waals surface area contributed by atoms with E-state index >= 15 is 0 Å². The van der Waals surface area contributed by atoms with Crippen molar-refractivity contribution in [2.24, 2.45) is 5.73 Å². The molecule has 3 rings (SSSR count). The van der Waals surface area contributed by atoms with Gasteiger partial charge in [0.25, 0.3) is 5.89 Å². The minimum absolute atomic E-state index is 0.0841. The topological polar surface area (TPSA) is 74.2 Å². The summed E-state index contributed by atoms with van der Waals surface area (Å²) in [5.74, 6) is 1.27. The Morgan fingerprint density at radius 3 is 2.55 bits per heavy atom. The van der Waals surface area contributed by atoms with Crippen LogP contribution in [0.1, 0.15) is 37.4 Å². The summed E-state index contributed by atoms with van der Waals surface area (Å²) in [4.78, 5) is 4.32. The number of ether oxygens (including phenoxy) is 1. The third-order valence-electron chi connectivity index (χ3n) is 3.74. The van der Waals surface area contributed by atoms with E-state index in [0.717, 1.165) is 25.7 Å². The molecule has 0 bridgehead atoms. The molecule has 0 aliphatic heterocycles. The Labute approximate surface area is 142 Å². The molecule has 5 nitrogen and oxygen atoms in total. The van der Waals surface area contributed by atoms with E-state index in [1.807, 2.05) is 0 Å². The highest BCUT2D eigenvalue weighted by molar-refractivity contribution is 6.43. The molecule has 2 aromatic rings. The standard InChI is InChI=1S/C14H14Cl3N3O2/c15-8-5-10(17)11(6-9(8)16)21-7-12-19-13(20-22-12)14(18)3-1-2-4-14/h5-6H,1-4,7,18H2. The average molecular weight is 363 g/mol. The Morgan fingerprint density at radius 2 is 1.82 bits per heavy atom. The van der Waals surface area contributed by atoms with E-state index in [9.17, 15) is 0 Å². The van der Waals surface area contributed by atoms with Crippen molar-refractivity contribution < 1.29 is 9.26 Å². The fraction of sp³-hybridized carbons (Fsp3) is 0.429. The molecule has 1 aromatic carbocycles. The first kappa shape index (κ1) is 15.9. The van der Waals surface area contributed by atoms with Gasteiger partial charge in [-0.3, -0.25) is 0 Å². The van der Waals surface area contributed by atoms with Gasteiger partial charge < -0.3 is 15.0 Å². The average Bonchev–Trinajstić information content (AvgIpc) is 3.11. The van der Waals surface area contributed by atoms with Crippen molar-refractivity contribution in [3.8, 4) is 5.75 Å². The van der Waals surface area contributed by atoms with E-state index in [0.29, 0.717) is 32.5 Å². The summed E-state index contributed by atoms with van der Waals surface area (Å²) in [5, 5.41) is 5.05. The molecule has 1 fully saturated rings. The van der Waals surface area contributed by atoms with Gasteiger partial charge in [-0.25, -0.2) is 0 Å². The van der Waals surface area contributed by atoms with Crippen LogP contribution in [0.5, 0.6) is 5.75 Å². The van der Waals surface area contributed by atoms with Crippen molar-refractivity contribution in [1.82, 2.24) is 10.1 Å². The molecule has 0 spiro atoms. The first-order valence-corrected chi connectivity index (χ1v) is 8.01. The molecule has 118 valence electrons. The Balaban J connectivity index is 1.70. The lowest BCUT2D eigenvalue weighted by Crippen LogP contribution is -2.34. The summed E-state index contributed by atoms with van der Waals surface area (Å²) in [7, 11) is 0. The second-order valence-electron chi connectivity index (χ2n) is 5.36. The molecule has 0 radical (unpaired) electrons. The lowest BCUT2D eigenvalue weighted by Gasteiger charge is -2.17. The molecule has 1 saturated carbocycles. The van der Waals surface area contributed by atoms with Crippen LogP contribution in [0.4, 0.5) is 0 Å². The molecular weight excluding hydrogens is 349 g/mol. The van der Waals surface area contributed by atoms with Crippen molar-refractivity contribution in [1.29, 1.82) is 0 Å². The second kappa shape index (κ2) is 6.24. The number of benzene rings is 1. The van der Waals surface area contributed by atoms with Gasteiger partial charge in [0.15, 0.2) is 12.4 Å². The molecule has 0 atom stereocenters. The zero-order valence-corrected chi connectivity index (χ0v) is 13.9. The van der Waals surface area contributed by atoms with Crippen LogP contribution in [0.3, 0.4) is 0 Å². The molecule has 8 heteroatoms. The van der Waals surface area contributed by atoms with Crippen molar-refractivity contribution in [3.05, 3.63) is 38.9 Å². The predicted molar refractivity (Wildman–Crippen MR) is 84.4 cm³/mol. The lowest BCUT2D eigenvalue weighted by molar-refractivity contribution is 0.241. The monoisotopic (exact) mass is 361 g/mol. The maximum Gasteiger partial charge on any atom is 0.264 e. The van der Waals surface area contributed by atoms with Gasteiger partial charge >= 0.3 is 0 Å². The fourth-order valence-electron chi connectivity index (χ4n) is 2.50. The van der Waals surface area contributed by atoms with Crippen LogP contribution < -0.4 is 10.5 Å². The van der Waals surface area contributed by atoms with E-state index in [2.05, 4.69) is 10.1 Å². The number of nitrogens with zero attached hydrogens (tertiary/aromatic N) is 2. The van der Waals surface area contributed by atoms with E-state index in [4.69, 9.17) is 49.8 Å². The predicted octanol–water partition coefficient (Wildman–Crippen LogP) is 4.34. The van der Waals surface area contributed by atoms with Gasteiger partial charge in [-0.1, -0.05) is 52.8 Å². The zero-order chi connectivity index (χ0) is 15.7. The third kappa shape index (κ3) is 3.18. The van der Waals surface area contributed by atoms with Crippen LogP contribution in [0.15, 0.2) is 16.7 Å². The van der Waals surface area contributed by atoms with Gasteiger partial charge in [0.05, 0.1) is 20.6 Å². The summed E-state index contributed by atoms with van der Waals surface area (Å²) in [5.41, 5.74) is 5.80. The van der Waals surface area contributed by atoms with E-state index in [-0.39, 0.29) is 6.61 Å². The lowest BCUT2D eigenvalue weighted by atomic mass is 9.99. The summed E-state index contributed by atoms with van der Waals surface area (Å²) in [6.07, 6.45) is 3.89. The van der Waals surface area contributed by atoms with Crippen molar-refractivity contribution in [3.63, 3.8) is 0 Å². The van der Waals surface area contributed by atoms with Crippen molar-refractivity contribution in [2.45, 2.75) is 37.8 Å². The first-order valence-electron chi connectivity index (χ1n) is 6.87. The SMILES string of the molecule is NC1(c2noc(COc3cc(Cl)c(Cl)cc3Cl)n2)CCCC1. The number of hydrogen-bond donors (Lipinski definition) is 1. The largest absolute Gasteiger partial charge is 0.482 e. The summed E-state index contributed by atoms with van der Waals surface area (Å²) in [6, 6.07) is 3.07. The number of hydrogen-bond acceptors (Lipinski definition) is 5. The van der Waals surface area contributed by atoms with Crippen LogP contribution in [-0.2, 0) is 12.1 Å². The highest BCUT2D eigenvalue weighted by Gasteiger charge is 2.35. The molecular formula is C14H14Cl3N3O2. The van der Waals surface area contributed by atoms with E-state index in [1.165, 1.54) is 6.07 Å². The van der Waals surface area contributed by atoms with Gasteiger partial charge in [-0.05, 0) is 18.9 Å². The number of aromatic nitrogens is 2. The molecule has 0 saturated heterocycles. The summed E-state index contributed by atoms with van der Waals surface area (Å²) < 4.78 is 10.7. The smallest absolute Gasteiger partial charge is 0.264 e. The molecule has 22 heavy (non-hydrogen) atoms. The van der Waals surface area contributed by atoms with Crippen LogP contribution in [0.25, 0.3) is 0 Å². The third-order valence-corrected chi connectivity index (χ3v) is 4.75. The van der Waals surface area contributed by atoms with Gasteiger partial charge in [0.2, 0.25) is 0 Å². The molecule has 2 N–H and O–H groups in total. The Morgan fingerprint density at radius 1 is 1.14 bits per heavy atom. The minimum atomic E-state index is -0.483. The second-order valence-corrected chi connectivity index (χ2v) is 6.58. The molecule has 1 aromatic heterocycles. The molecule has 1 aliphatic rings. The van der Waals surface area contributed by atoms with Gasteiger partial charge in [-0.2, -0.15) is 4.98 Å². The van der Waals surface area contributed by atoms with Crippen LogP contribution in [0, 0.1) is 0 Å². The maximum absolute atomic E-state index is 6.28. The molecule has 0 amide bonds. The minimum Gasteiger partial charge on any atom is -0.482 e. The fourth-order valence-corrected chi connectivity index (χ4v) is 3.09. The Kier molecular flexibility index (Phi) is 4.50. The molecule has 1 heterocycles. The maximum atomic E-state index is 6.28. The molecule has 1 aliphatic carbocycles. The van der Waals surface area contributed by atoms with Crippen LogP contribution in [-0.4, -0.2) is 10.1 Å². The van der Waals surface area contributed by atoms with Gasteiger partial charge in [-0.15, -0.1) is 0 Å². The quantitative estimate of drug-likeness (QED) is 0.819. The normalized spacial score (nSPS) is 16.9. The Hall–Kier alpha value is -1.01. The van der Waals surface area contributed by atoms with Crippen LogP contribution in [0.2, 0.25) is 15.1 Å². The number of rotatable bonds is 4. The van der Waals surface area contributed by atoms with E-state index < -0.39 is 5.54 Å². The van der Waals surface area contributed by atoms with Crippen molar-refractivity contribution in [2.75, 3.05) is 0 Å². The number of halogens is 3. The van der Waals surface area contributed by atoms with Crippen molar-refractivity contribution >= 4 is 34.8 Å². The highest BCUT2D eigenvalue weighted by Crippen LogP contribution is 2.35. The zero-order valence-electron chi connectivity index (χ0n) is 11.6. The Bertz CT molecular complexity index is 684. The summed E-state index contributed by atoms with van der Waals surface area (Å²) in [6.45, 7) is 0.0841. The number of nitrogens with two attached hydrogens (primary N) is 1. The highest BCUT2D eigenvalue weighted by atomic mass is 35.5. The van der Waals surface area contributed by atoms with Gasteiger partial charge in [0, 0.05) is 6.07 Å². The summed E-state index contributed by atoms with van der Waals surface area (Å²) >= 11 is 17.8. The van der Waals surface area contributed by atoms with Gasteiger partial charge in [0.1, 0.15) is 5.75 Å². The van der Waals surface area contributed by atoms with E-state index in [1.54, 1.807) is 6.07 Å². The first-order chi connectivity index (χ1) is 10.5. The molecule has 0 unspecified atom stereocenters. The van der Waals surface area contributed by atoms with Crippen LogP contribution >= 0.6 is 34.8 Å².